The van der Waals surface area contributed by atoms with Gasteiger partial charge in [0, 0.05) is 78.6 Å². The van der Waals surface area contributed by atoms with Crippen molar-refractivity contribution in [2.24, 2.45) is 0 Å². The number of nitrogens with one attached hydrogen (secondary N) is 2. The van der Waals surface area contributed by atoms with E-state index in [-0.39, 0.29) is 43.1 Å². The van der Waals surface area contributed by atoms with E-state index in [4.69, 9.17) is 0 Å². The van der Waals surface area contributed by atoms with Gasteiger partial charge in [0.25, 0.3) is 5.92 Å². The Kier molecular flexibility index (Phi) is 7.44. The lowest BCUT2D eigenvalue weighted by Gasteiger charge is -2.34. The number of anilines is 1. The molecular weight excluding hydrogens is 626 g/mol. The van der Waals surface area contributed by atoms with Crippen molar-refractivity contribution in [1.82, 2.24) is 24.2 Å². The molecule has 1 saturated carbocycles. The quantitative estimate of drug-likeness (QED) is 0.226. The Morgan fingerprint density at radius 1 is 1.16 bits per heavy atom. The molecule has 1 saturated heterocycles. The number of rotatable bonds is 7. The van der Waals surface area contributed by atoms with Crippen LogP contribution in [0.3, 0.4) is 0 Å². The van der Waals surface area contributed by atoms with Crippen molar-refractivity contribution in [2.75, 3.05) is 18.4 Å². The lowest BCUT2D eigenvalue weighted by Crippen LogP contribution is -2.42. The Morgan fingerprint density at radius 2 is 1.95 bits per heavy atom. The van der Waals surface area contributed by atoms with E-state index in [2.05, 4.69) is 27.2 Å². The van der Waals surface area contributed by atoms with Crippen LogP contribution in [-0.4, -0.2) is 49.9 Å². The highest BCUT2D eigenvalue weighted by molar-refractivity contribution is 14.2. The summed E-state index contributed by atoms with van der Waals surface area (Å²) in [5.41, 5.74) is 0.626. The third-order valence-corrected chi connectivity index (χ3v) is 8.47. The summed E-state index contributed by atoms with van der Waals surface area (Å²) in [6.45, 7) is 3.81. The van der Waals surface area contributed by atoms with Gasteiger partial charge in [-0.25, -0.2) is 31.9 Å². The van der Waals surface area contributed by atoms with Crippen LogP contribution in [0.1, 0.15) is 32.1 Å². The summed E-state index contributed by atoms with van der Waals surface area (Å²) in [5, 5.41) is 6.70. The van der Waals surface area contributed by atoms with Gasteiger partial charge in [0.2, 0.25) is 0 Å². The molecule has 4 heterocycles. The molecule has 3 aromatic rings. The zero-order valence-corrected chi connectivity index (χ0v) is 22.6. The van der Waals surface area contributed by atoms with Gasteiger partial charge in [0.1, 0.15) is 11.5 Å². The second-order valence-electron chi connectivity index (χ2n) is 9.43. The molecular formula is C24H24F5IN6S. The third-order valence-electron chi connectivity index (χ3n) is 6.77. The van der Waals surface area contributed by atoms with E-state index in [0.29, 0.717) is 28.8 Å². The maximum Gasteiger partial charge on any atom is 0.266 e. The topological polar surface area (TPSA) is 58.0 Å². The van der Waals surface area contributed by atoms with Crippen LogP contribution < -0.4 is 10.6 Å². The van der Waals surface area contributed by atoms with Crippen LogP contribution in [-0.2, 0) is 0 Å². The molecule has 6 nitrogen and oxygen atoms in total. The Balaban J connectivity index is 1.34. The molecule has 1 aliphatic heterocycles. The molecule has 2 atom stereocenters. The second kappa shape index (κ2) is 10.5. The highest BCUT2D eigenvalue weighted by Crippen LogP contribution is 2.36. The van der Waals surface area contributed by atoms with Crippen molar-refractivity contribution in [3.63, 3.8) is 0 Å². The van der Waals surface area contributed by atoms with Crippen LogP contribution in [0, 0.1) is 17.5 Å². The Morgan fingerprint density at radius 3 is 2.68 bits per heavy atom. The standard InChI is InChI=1S/C24H24F5IN6S/c1-13(35-6-5-24(28,29)12-35)32-15-3-2-4-16(8-15)33-22-20(27)9-19(26)21(34-22)18-11-36(37-30)23-17(18)7-14(25)10-31-23/h7,9-11,15-16,32H,1-6,8,12H2,(H,33,34). The first kappa shape index (κ1) is 26.3. The molecule has 1 aliphatic carbocycles. The van der Waals surface area contributed by atoms with Crippen molar-refractivity contribution in [3.05, 3.63) is 54.4 Å². The van der Waals surface area contributed by atoms with E-state index in [1.165, 1.54) is 15.2 Å². The molecule has 0 amide bonds. The minimum absolute atomic E-state index is 0.0383. The lowest BCUT2D eigenvalue weighted by atomic mass is 9.91. The monoisotopic (exact) mass is 650 g/mol. The Bertz CT molecular complexity index is 1330. The molecule has 2 unspecified atom stereocenters. The van der Waals surface area contributed by atoms with E-state index in [0.717, 1.165) is 31.5 Å². The number of likely N-dealkylation sites (tertiary alicyclic amines) is 1. The van der Waals surface area contributed by atoms with E-state index < -0.39 is 23.4 Å². The Labute approximate surface area is 226 Å². The zero-order valence-electron chi connectivity index (χ0n) is 19.6. The number of alkyl halides is 2. The predicted molar refractivity (Wildman–Crippen MR) is 143 cm³/mol. The molecule has 2 N–H and O–H groups in total. The molecule has 5 rings (SSSR count). The van der Waals surface area contributed by atoms with E-state index in [1.807, 2.05) is 21.2 Å². The maximum absolute atomic E-state index is 14.9. The minimum atomic E-state index is -2.71. The van der Waals surface area contributed by atoms with E-state index in [9.17, 15) is 22.0 Å². The molecule has 2 fully saturated rings. The zero-order chi connectivity index (χ0) is 26.3. The molecule has 2 aliphatic rings. The van der Waals surface area contributed by atoms with Gasteiger partial charge in [-0.2, -0.15) is 0 Å². The highest BCUT2D eigenvalue weighted by atomic mass is 127. The predicted octanol–water partition coefficient (Wildman–Crippen LogP) is 6.49. The summed E-state index contributed by atoms with van der Waals surface area (Å²) < 4.78 is 72.4. The molecule has 0 spiro atoms. The molecule has 13 heteroatoms. The normalized spacial score (nSPS) is 21.4. The van der Waals surface area contributed by atoms with E-state index >= 15 is 0 Å². The van der Waals surface area contributed by atoms with Crippen LogP contribution in [0.5, 0.6) is 0 Å². The number of hydrogen-bond donors (Lipinski definition) is 2. The summed E-state index contributed by atoms with van der Waals surface area (Å²) in [4.78, 5) is 9.90. The number of fused-ring (bicyclic) bond motifs is 1. The van der Waals surface area contributed by atoms with E-state index in [1.54, 1.807) is 15.1 Å². The minimum Gasteiger partial charge on any atom is -0.369 e. The number of nitrogens with zero attached hydrogens (tertiary/aromatic N) is 4. The summed E-state index contributed by atoms with van der Waals surface area (Å²) in [6, 6.07) is 1.80. The third kappa shape index (κ3) is 5.61. The smallest absolute Gasteiger partial charge is 0.266 e. The van der Waals surface area contributed by atoms with Crippen molar-refractivity contribution >= 4 is 47.2 Å². The number of pyridine rings is 2. The molecule has 0 aromatic carbocycles. The average Bonchev–Trinajstić information content (AvgIpc) is 3.40. The fourth-order valence-electron chi connectivity index (χ4n) is 4.99. The Hall–Kier alpha value is -2.29. The van der Waals surface area contributed by atoms with Gasteiger partial charge in [-0.1, -0.05) is 6.58 Å². The van der Waals surface area contributed by atoms with Gasteiger partial charge in [-0.05, 0) is 31.7 Å². The summed E-state index contributed by atoms with van der Waals surface area (Å²) >= 11 is 2.03. The summed E-state index contributed by atoms with van der Waals surface area (Å²) in [7, 11) is 1.28. The van der Waals surface area contributed by atoms with Gasteiger partial charge in [0.05, 0.1) is 18.6 Å². The molecule has 3 aromatic heterocycles. The molecule has 198 valence electrons. The maximum atomic E-state index is 14.9. The molecule has 37 heavy (non-hydrogen) atoms. The van der Waals surface area contributed by atoms with Crippen LogP contribution >= 0.6 is 30.3 Å². The fourth-order valence-corrected chi connectivity index (χ4v) is 6.25. The first-order valence-electron chi connectivity index (χ1n) is 11.8. The first-order chi connectivity index (χ1) is 17.6. The van der Waals surface area contributed by atoms with Crippen LogP contribution in [0.15, 0.2) is 36.9 Å². The van der Waals surface area contributed by atoms with Crippen molar-refractivity contribution in [3.8, 4) is 11.3 Å². The van der Waals surface area contributed by atoms with Crippen molar-refractivity contribution in [1.29, 1.82) is 0 Å². The van der Waals surface area contributed by atoms with Crippen LogP contribution in [0.4, 0.5) is 27.8 Å². The largest absolute Gasteiger partial charge is 0.369 e. The molecule has 0 radical (unpaired) electrons. The summed E-state index contributed by atoms with van der Waals surface area (Å²) in [6.07, 6.45) is 5.43. The number of aromatic nitrogens is 3. The van der Waals surface area contributed by atoms with Gasteiger partial charge in [0.15, 0.2) is 23.1 Å². The highest BCUT2D eigenvalue weighted by Gasteiger charge is 2.39. The fraction of sp³-hybridized carbons (Fsp3) is 0.417. The average molecular weight is 650 g/mol. The van der Waals surface area contributed by atoms with Crippen LogP contribution in [0.2, 0.25) is 0 Å². The first-order valence-corrected chi connectivity index (χ1v) is 15.1. The SMILES string of the molecule is C=C(NC1CCCC(Nc2nc(-c3cn(SI)c4ncc(F)cc34)c(F)cc2F)C1)N1CCC(F)(F)C1. The summed E-state index contributed by atoms with van der Waals surface area (Å²) in [5.74, 6) is -4.64. The van der Waals surface area contributed by atoms with Gasteiger partial charge < -0.3 is 15.5 Å². The number of hydrogen-bond acceptors (Lipinski definition) is 6. The lowest BCUT2D eigenvalue weighted by molar-refractivity contribution is 0.0144. The second-order valence-corrected chi connectivity index (χ2v) is 11.1. The van der Waals surface area contributed by atoms with Crippen molar-refractivity contribution < 1.29 is 22.0 Å². The van der Waals surface area contributed by atoms with Gasteiger partial charge >= 0.3 is 0 Å². The molecule has 0 bridgehead atoms. The van der Waals surface area contributed by atoms with Gasteiger partial charge in [-0.15, -0.1) is 0 Å². The number of halogens is 6. The van der Waals surface area contributed by atoms with Crippen LogP contribution in [0.25, 0.3) is 22.3 Å². The van der Waals surface area contributed by atoms with Gasteiger partial charge in [-0.3, -0.25) is 3.97 Å². The van der Waals surface area contributed by atoms with Crippen molar-refractivity contribution in [2.45, 2.75) is 50.1 Å².